The van der Waals surface area contributed by atoms with Crippen LogP contribution in [0.5, 0.6) is 0 Å². The quantitative estimate of drug-likeness (QED) is 0.189. The number of amides is 1. The highest BCUT2D eigenvalue weighted by atomic mass is 35.5. The van der Waals surface area contributed by atoms with E-state index in [1.54, 1.807) is 21.3 Å². The lowest BCUT2D eigenvalue weighted by Gasteiger charge is -2.35. The van der Waals surface area contributed by atoms with Gasteiger partial charge in [0.2, 0.25) is 5.91 Å². The zero-order valence-electron chi connectivity index (χ0n) is 40.1. The molecule has 65 heavy (non-hydrogen) atoms. The predicted molar refractivity (Wildman–Crippen MR) is 257 cm³/mol. The lowest BCUT2D eigenvalue weighted by molar-refractivity contribution is -0.117. The van der Waals surface area contributed by atoms with Crippen molar-refractivity contribution in [1.82, 2.24) is 29.7 Å². The van der Waals surface area contributed by atoms with Crippen LogP contribution in [0.1, 0.15) is 29.9 Å². The molecular weight excluding hydrogens is 854 g/mol. The van der Waals surface area contributed by atoms with Crippen LogP contribution in [0.2, 0.25) is 5.15 Å². The van der Waals surface area contributed by atoms with Crippen molar-refractivity contribution in [3.63, 3.8) is 0 Å². The summed E-state index contributed by atoms with van der Waals surface area (Å²) < 4.78 is 32.7. The molecule has 3 saturated heterocycles. The number of rotatable bonds is 17. The summed E-state index contributed by atoms with van der Waals surface area (Å²) in [6, 6.07) is 11.8. The first kappa shape index (κ1) is 52.0. The number of ether oxygens (including phenoxy) is 6. The van der Waals surface area contributed by atoms with Gasteiger partial charge in [-0.2, -0.15) is 0 Å². The average molecular weight is 929 g/mol. The number of carbonyl (C=O) groups excluding carboxylic acids is 1. The second-order valence-electron chi connectivity index (χ2n) is 17.6. The maximum Gasteiger partial charge on any atom is 0.228 e. The SMILES string of the molecule is COCC1CN(c2ccc(Cl)nc2CN(C)C)CCO1.COCC1CN(c2ccc(N)nc2CN(C)C)CCO1.COCC1CN(c2ccc(NC(=O)C3CC3)nc2CN(C)C)CCO1. The van der Waals surface area contributed by atoms with Crippen LogP contribution >= 0.6 is 11.6 Å². The zero-order valence-corrected chi connectivity index (χ0v) is 40.9. The fraction of sp³-hybridized carbons (Fsp3) is 0.652. The molecule has 3 atom stereocenters. The minimum absolute atomic E-state index is 0.0696. The summed E-state index contributed by atoms with van der Waals surface area (Å²) >= 11 is 6.02. The molecule has 19 heteroatoms. The van der Waals surface area contributed by atoms with Crippen LogP contribution in [0.4, 0.5) is 28.7 Å². The van der Waals surface area contributed by atoms with Crippen molar-refractivity contribution in [2.45, 2.75) is 50.8 Å². The summed E-state index contributed by atoms with van der Waals surface area (Å²) in [5, 5.41) is 3.48. The van der Waals surface area contributed by atoms with Gasteiger partial charge in [0.25, 0.3) is 0 Å². The topological polar surface area (TPSA) is 169 Å². The minimum Gasteiger partial charge on any atom is -0.384 e. The highest BCUT2D eigenvalue weighted by molar-refractivity contribution is 6.29. The average Bonchev–Trinajstić information content (AvgIpc) is 4.11. The molecule has 3 unspecified atom stereocenters. The molecule has 3 aromatic heterocycles. The molecule has 0 bridgehead atoms. The van der Waals surface area contributed by atoms with E-state index in [9.17, 15) is 4.79 Å². The Bertz CT molecular complexity index is 1820. The van der Waals surface area contributed by atoms with Gasteiger partial charge < -0.3 is 68.9 Å². The fourth-order valence-electron chi connectivity index (χ4n) is 7.90. The molecule has 4 aliphatic rings. The van der Waals surface area contributed by atoms with Crippen LogP contribution in [-0.4, -0.2) is 196 Å². The maximum absolute atomic E-state index is 12.0. The Labute approximate surface area is 391 Å². The standard InChI is InChI=1S/C18H28N4O3.C14H22ClN3O2.C14H24N4O2/c1-21(2)11-15-16(22-8-9-25-14(10-22)12-24-3)6-7-17(19-15)20-18(23)13-4-5-13;2*1-17(2)9-12-13(4-5-14(15)16-12)18-6-7-20-11(8-18)10-19-3/h6-7,13-14H,4-5,8-12H2,1-3H3,(H,19,20,23);4-5,11H,6-10H2,1-3H3;4-5,11H,6-10H2,1-3H3,(H2,15,16). The predicted octanol–water partition coefficient (Wildman–Crippen LogP) is 3.57. The lowest BCUT2D eigenvalue weighted by atomic mass is 10.2. The van der Waals surface area contributed by atoms with Crippen molar-refractivity contribution in [3.8, 4) is 0 Å². The van der Waals surface area contributed by atoms with Gasteiger partial charge in [0.1, 0.15) is 16.8 Å². The molecule has 6 heterocycles. The molecule has 0 aromatic carbocycles. The molecule has 0 radical (unpaired) electrons. The van der Waals surface area contributed by atoms with Gasteiger partial charge in [0.05, 0.1) is 92.1 Å². The minimum atomic E-state index is 0.0696. The number of hydrogen-bond donors (Lipinski definition) is 2. The lowest BCUT2D eigenvalue weighted by Crippen LogP contribution is -2.45. The van der Waals surface area contributed by atoms with Crippen LogP contribution in [0.25, 0.3) is 0 Å². The first-order chi connectivity index (χ1) is 31.3. The molecule has 1 saturated carbocycles. The van der Waals surface area contributed by atoms with Crippen LogP contribution < -0.4 is 25.8 Å². The van der Waals surface area contributed by atoms with Crippen LogP contribution in [-0.2, 0) is 52.8 Å². The summed E-state index contributed by atoms with van der Waals surface area (Å²) in [7, 11) is 17.2. The third kappa shape index (κ3) is 17.0. The van der Waals surface area contributed by atoms with E-state index in [0.29, 0.717) is 56.4 Å². The molecule has 362 valence electrons. The van der Waals surface area contributed by atoms with Crippen molar-refractivity contribution in [3.05, 3.63) is 58.6 Å². The molecule has 18 nitrogen and oxygen atoms in total. The van der Waals surface area contributed by atoms with Gasteiger partial charge in [-0.15, -0.1) is 0 Å². The Balaban J connectivity index is 0.000000185. The second kappa shape index (κ2) is 26.4. The highest BCUT2D eigenvalue weighted by Crippen LogP contribution is 2.31. The summed E-state index contributed by atoms with van der Waals surface area (Å²) in [4.78, 5) is 38.9. The number of hydrogen-bond acceptors (Lipinski definition) is 17. The van der Waals surface area contributed by atoms with E-state index < -0.39 is 0 Å². The van der Waals surface area contributed by atoms with Gasteiger partial charge in [0.15, 0.2) is 0 Å². The molecule has 7 rings (SSSR count). The van der Waals surface area contributed by atoms with E-state index in [-0.39, 0.29) is 30.1 Å². The van der Waals surface area contributed by atoms with E-state index in [1.165, 1.54) is 0 Å². The van der Waals surface area contributed by atoms with Crippen molar-refractivity contribution in [2.24, 2.45) is 5.92 Å². The summed E-state index contributed by atoms with van der Waals surface area (Å²) in [6.07, 6.45) is 2.27. The number of nitrogen functional groups attached to an aromatic ring is 1. The maximum atomic E-state index is 12.0. The van der Waals surface area contributed by atoms with Crippen LogP contribution in [0, 0.1) is 5.92 Å². The number of aromatic nitrogens is 3. The largest absolute Gasteiger partial charge is 0.384 e. The molecule has 1 aliphatic carbocycles. The fourth-order valence-corrected chi connectivity index (χ4v) is 8.07. The van der Waals surface area contributed by atoms with E-state index in [1.807, 2.05) is 66.6 Å². The van der Waals surface area contributed by atoms with Crippen molar-refractivity contribution >= 4 is 46.2 Å². The van der Waals surface area contributed by atoms with E-state index in [4.69, 9.17) is 50.7 Å². The normalized spacial score (nSPS) is 20.1. The van der Waals surface area contributed by atoms with Gasteiger partial charge in [0, 0.05) is 86.2 Å². The van der Waals surface area contributed by atoms with Crippen LogP contribution in [0.15, 0.2) is 36.4 Å². The number of nitrogens with one attached hydrogen (secondary N) is 1. The Hall–Kier alpha value is -3.95. The third-order valence-corrected chi connectivity index (χ3v) is 11.1. The molecule has 0 spiro atoms. The Morgan fingerprint density at radius 2 is 1.05 bits per heavy atom. The number of nitrogens with two attached hydrogens (primary N) is 1. The number of anilines is 5. The Kier molecular flexibility index (Phi) is 21.1. The molecule has 4 fully saturated rings. The zero-order chi connectivity index (χ0) is 46.9. The monoisotopic (exact) mass is 928 g/mol. The molecule has 3 N–H and O–H groups in total. The first-order valence-electron chi connectivity index (χ1n) is 22.5. The van der Waals surface area contributed by atoms with Crippen molar-refractivity contribution in [2.75, 3.05) is 168 Å². The van der Waals surface area contributed by atoms with E-state index in [0.717, 1.165) is 106 Å². The number of morpholine rings is 3. The molecular formula is C46H74ClN11O7. The van der Waals surface area contributed by atoms with Gasteiger partial charge >= 0.3 is 0 Å². The molecule has 3 aromatic rings. The molecule has 1 amide bonds. The van der Waals surface area contributed by atoms with Crippen molar-refractivity contribution < 1.29 is 33.2 Å². The third-order valence-electron chi connectivity index (χ3n) is 10.9. The number of methoxy groups -OCH3 is 3. The van der Waals surface area contributed by atoms with Gasteiger partial charge in [-0.3, -0.25) is 4.79 Å². The summed E-state index contributed by atoms with van der Waals surface area (Å²) in [5.41, 5.74) is 12.2. The summed E-state index contributed by atoms with van der Waals surface area (Å²) in [5.74, 6) is 1.46. The first-order valence-corrected chi connectivity index (χ1v) is 22.9. The molecule has 3 aliphatic heterocycles. The van der Waals surface area contributed by atoms with Gasteiger partial charge in [-0.25, -0.2) is 15.0 Å². The number of nitrogens with zero attached hydrogens (tertiary/aromatic N) is 9. The van der Waals surface area contributed by atoms with E-state index in [2.05, 4.69) is 56.8 Å². The number of carbonyl (C=O) groups is 1. The number of halogens is 1. The van der Waals surface area contributed by atoms with Crippen LogP contribution in [0.3, 0.4) is 0 Å². The van der Waals surface area contributed by atoms with Gasteiger partial charge in [-0.05, 0) is 91.5 Å². The highest BCUT2D eigenvalue weighted by Gasteiger charge is 2.30. The Morgan fingerprint density at radius 3 is 1.46 bits per heavy atom. The van der Waals surface area contributed by atoms with Crippen molar-refractivity contribution in [1.29, 1.82) is 0 Å². The summed E-state index contributed by atoms with van der Waals surface area (Å²) in [6.45, 7) is 11.1. The van der Waals surface area contributed by atoms with Gasteiger partial charge in [-0.1, -0.05) is 11.6 Å². The smallest absolute Gasteiger partial charge is 0.228 e. The number of pyridine rings is 3. The second-order valence-corrected chi connectivity index (χ2v) is 18.0. The van der Waals surface area contributed by atoms with E-state index >= 15 is 0 Å². The Morgan fingerprint density at radius 1 is 0.646 bits per heavy atom.